The van der Waals surface area contributed by atoms with Crippen molar-refractivity contribution in [2.75, 3.05) is 12.8 Å². The lowest BCUT2D eigenvalue weighted by Gasteiger charge is -2.06. The van der Waals surface area contributed by atoms with Crippen molar-refractivity contribution in [2.24, 2.45) is 0 Å². The van der Waals surface area contributed by atoms with Crippen LogP contribution in [0.3, 0.4) is 0 Å². The summed E-state index contributed by atoms with van der Waals surface area (Å²) in [5.74, 6) is 1.12. The molecule has 0 aliphatic heterocycles. The van der Waals surface area contributed by atoms with Crippen LogP contribution < -0.4 is 10.6 Å². The van der Waals surface area contributed by atoms with E-state index < -0.39 is 0 Å². The Hall–Kier alpha value is -1.00. The Morgan fingerprint density at radius 3 is 3.00 bits per heavy atom. The van der Waals surface area contributed by atoms with Crippen LogP contribution in [0.1, 0.15) is 31.2 Å². The topological polar surface area (TPSA) is 41.1 Å². The van der Waals surface area contributed by atoms with Gasteiger partial charge in [0.25, 0.3) is 0 Å². The molecular weight excluding hydrogens is 256 g/mol. The quantitative estimate of drug-likeness (QED) is 0.567. The van der Waals surface area contributed by atoms with Gasteiger partial charge in [-0.2, -0.15) is 0 Å². The first kappa shape index (κ1) is 14.4. The van der Waals surface area contributed by atoms with Crippen LogP contribution in [0.15, 0.2) is 29.2 Å². The summed E-state index contributed by atoms with van der Waals surface area (Å²) in [5.41, 5.74) is 1.35. The number of nitrogens with one attached hydrogen (secondary N) is 2. The Morgan fingerprint density at radius 1 is 1.42 bits per heavy atom. The molecule has 19 heavy (non-hydrogen) atoms. The first-order valence-electron chi connectivity index (χ1n) is 6.93. The summed E-state index contributed by atoms with van der Waals surface area (Å²) in [4.78, 5) is 12.4. The van der Waals surface area contributed by atoms with Gasteiger partial charge in [-0.3, -0.25) is 4.79 Å². The number of hydrogen-bond acceptors (Lipinski definition) is 3. The molecule has 1 aliphatic carbocycles. The molecule has 1 aromatic rings. The molecule has 0 spiro atoms. The molecule has 1 aliphatic rings. The van der Waals surface area contributed by atoms with E-state index in [0.717, 1.165) is 24.8 Å². The molecule has 0 aromatic heterocycles. The van der Waals surface area contributed by atoms with Crippen LogP contribution >= 0.6 is 11.8 Å². The van der Waals surface area contributed by atoms with E-state index in [1.807, 2.05) is 11.8 Å². The van der Waals surface area contributed by atoms with E-state index in [0.29, 0.717) is 6.42 Å². The average molecular weight is 278 g/mol. The zero-order valence-corrected chi connectivity index (χ0v) is 12.3. The number of hydrogen-bond donors (Lipinski definition) is 2. The van der Waals surface area contributed by atoms with Crippen LogP contribution in [0.5, 0.6) is 0 Å². The van der Waals surface area contributed by atoms with Gasteiger partial charge in [0.1, 0.15) is 0 Å². The van der Waals surface area contributed by atoms with Crippen LogP contribution in [0.2, 0.25) is 0 Å². The molecule has 0 atom stereocenters. The van der Waals surface area contributed by atoms with Crippen molar-refractivity contribution in [1.82, 2.24) is 10.6 Å². The summed E-state index contributed by atoms with van der Waals surface area (Å²) in [5, 5.41) is 6.18. The number of benzene rings is 1. The van der Waals surface area contributed by atoms with E-state index in [2.05, 4.69) is 34.9 Å². The van der Waals surface area contributed by atoms with Crippen LogP contribution in [-0.4, -0.2) is 24.7 Å². The van der Waals surface area contributed by atoms with Crippen molar-refractivity contribution < 1.29 is 4.79 Å². The smallest absolute Gasteiger partial charge is 0.219 e. The fourth-order valence-electron chi connectivity index (χ4n) is 1.84. The van der Waals surface area contributed by atoms with Gasteiger partial charge >= 0.3 is 0 Å². The Morgan fingerprint density at radius 2 is 2.26 bits per heavy atom. The largest absolute Gasteiger partial charge is 0.359 e. The van der Waals surface area contributed by atoms with Crippen molar-refractivity contribution in [3.05, 3.63) is 29.8 Å². The summed E-state index contributed by atoms with van der Waals surface area (Å²) in [6, 6.07) is 9.43. The highest BCUT2D eigenvalue weighted by Crippen LogP contribution is 2.22. The van der Waals surface area contributed by atoms with Crippen LogP contribution in [0.4, 0.5) is 0 Å². The lowest BCUT2D eigenvalue weighted by Crippen LogP contribution is -2.17. The van der Waals surface area contributed by atoms with Gasteiger partial charge in [-0.25, -0.2) is 0 Å². The Labute approximate surface area is 119 Å². The molecule has 104 valence electrons. The van der Waals surface area contributed by atoms with E-state index in [9.17, 15) is 4.79 Å². The molecule has 0 saturated heterocycles. The highest BCUT2D eigenvalue weighted by Gasteiger charge is 2.19. The molecule has 0 radical (unpaired) electrons. The minimum absolute atomic E-state index is 0.128. The monoisotopic (exact) mass is 278 g/mol. The van der Waals surface area contributed by atoms with Gasteiger partial charge in [0.05, 0.1) is 0 Å². The summed E-state index contributed by atoms with van der Waals surface area (Å²) < 4.78 is 0. The van der Waals surface area contributed by atoms with Gasteiger partial charge in [-0.15, -0.1) is 11.8 Å². The second-order valence-electron chi connectivity index (χ2n) is 4.93. The Kier molecular flexibility index (Phi) is 5.73. The third-order valence-electron chi connectivity index (χ3n) is 3.17. The SMILES string of the molecule is CNC(=O)CCCSc1cccc(CNC2CC2)c1. The van der Waals surface area contributed by atoms with Gasteiger partial charge < -0.3 is 10.6 Å². The van der Waals surface area contributed by atoms with Crippen molar-refractivity contribution in [2.45, 2.75) is 43.2 Å². The fraction of sp³-hybridized carbons (Fsp3) is 0.533. The summed E-state index contributed by atoms with van der Waals surface area (Å²) >= 11 is 1.83. The minimum atomic E-state index is 0.128. The molecular formula is C15H22N2OS. The Bertz CT molecular complexity index is 418. The third kappa shape index (κ3) is 5.66. The minimum Gasteiger partial charge on any atom is -0.359 e. The van der Waals surface area contributed by atoms with E-state index in [-0.39, 0.29) is 5.91 Å². The maximum Gasteiger partial charge on any atom is 0.219 e. The molecule has 3 nitrogen and oxygen atoms in total. The first-order chi connectivity index (χ1) is 9.28. The highest BCUT2D eigenvalue weighted by atomic mass is 32.2. The summed E-state index contributed by atoms with van der Waals surface area (Å²) in [6.07, 6.45) is 4.20. The molecule has 0 heterocycles. The number of carbonyl (C=O) groups is 1. The van der Waals surface area contributed by atoms with E-state index in [1.54, 1.807) is 7.05 Å². The predicted octanol–water partition coefficient (Wildman–Crippen LogP) is 2.56. The normalized spacial score (nSPS) is 14.4. The highest BCUT2D eigenvalue weighted by molar-refractivity contribution is 7.99. The van der Waals surface area contributed by atoms with Crippen molar-refractivity contribution in [1.29, 1.82) is 0 Å². The summed E-state index contributed by atoms with van der Waals surface area (Å²) in [7, 11) is 1.69. The van der Waals surface area contributed by atoms with Gasteiger partial charge in [0.2, 0.25) is 5.91 Å². The summed E-state index contributed by atoms with van der Waals surface area (Å²) in [6.45, 7) is 0.970. The number of rotatable bonds is 8. The molecule has 1 aromatic carbocycles. The number of thioether (sulfide) groups is 1. The average Bonchev–Trinajstić information content (AvgIpc) is 3.26. The molecule has 1 saturated carbocycles. The zero-order valence-electron chi connectivity index (χ0n) is 11.4. The maximum atomic E-state index is 11.1. The van der Waals surface area contributed by atoms with Crippen molar-refractivity contribution in [3.63, 3.8) is 0 Å². The van der Waals surface area contributed by atoms with Crippen LogP contribution in [0.25, 0.3) is 0 Å². The van der Waals surface area contributed by atoms with E-state index in [4.69, 9.17) is 0 Å². The van der Waals surface area contributed by atoms with Crippen molar-refractivity contribution >= 4 is 17.7 Å². The lowest BCUT2D eigenvalue weighted by molar-refractivity contribution is -0.120. The van der Waals surface area contributed by atoms with Crippen molar-refractivity contribution in [3.8, 4) is 0 Å². The molecule has 1 amide bonds. The fourth-order valence-corrected chi connectivity index (χ4v) is 2.78. The molecule has 0 bridgehead atoms. The molecule has 4 heteroatoms. The number of carbonyl (C=O) groups excluding carboxylic acids is 1. The second-order valence-corrected chi connectivity index (χ2v) is 6.10. The molecule has 2 N–H and O–H groups in total. The first-order valence-corrected chi connectivity index (χ1v) is 7.92. The Balaban J connectivity index is 1.70. The second kappa shape index (κ2) is 7.56. The maximum absolute atomic E-state index is 11.1. The van der Waals surface area contributed by atoms with Gasteiger partial charge in [-0.1, -0.05) is 12.1 Å². The van der Waals surface area contributed by atoms with Crippen LogP contribution in [-0.2, 0) is 11.3 Å². The van der Waals surface area contributed by atoms with Gasteiger partial charge in [-0.05, 0) is 42.7 Å². The zero-order chi connectivity index (χ0) is 13.5. The third-order valence-corrected chi connectivity index (χ3v) is 4.25. The lowest BCUT2D eigenvalue weighted by atomic mass is 10.2. The van der Waals surface area contributed by atoms with E-state index >= 15 is 0 Å². The predicted molar refractivity (Wildman–Crippen MR) is 80.3 cm³/mol. The van der Waals surface area contributed by atoms with Gasteiger partial charge in [0, 0.05) is 31.0 Å². The number of amides is 1. The van der Waals surface area contributed by atoms with E-state index in [1.165, 1.54) is 23.3 Å². The molecule has 0 unspecified atom stereocenters. The molecule has 2 rings (SSSR count). The standard InChI is InChI=1S/C15H22N2OS/c1-16-15(18)6-3-9-19-14-5-2-4-12(10-14)11-17-13-7-8-13/h2,4-5,10,13,17H,3,6-9,11H2,1H3,(H,16,18). The van der Waals surface area contributed by atoms with Crippen LogP contribution in [0, 0.1) is 0 Å². The van der Waals surface area contributed by atoms with Gasteiger partial charge in [0.15, 0.2) is 0 Å². The molecule has 1 fully saturated rings.